The molecule has 0 saturated carbocycles. The van der Waals surface area contributed by atoms with Crippen LogP contribution < -0.4 is 10.9 Å². The maximum absolute atomic E-state index is 12.7. The lowest BCUT2D eigenvalue weighted by Crippen LogP contribution is -2.34. The maximum Gasteiger partial charge on any atom is 0.435 e. The van der Waals surface area contributed by atoms with Crippen LogP contribution in [-0.4, -0.2) is 15.7 Å². The van der Waals surface area contributed by atoms with Crippen LogP contribution in [-0.2, 0) is 17.1 Å². The second-order valence-electron chi connectivity index (χ2n) is 5.24. The summed E-state index contributed by atoms with van der Waals surface area (Å²) in [5.41, 5.74) is -3.24. The average Bonchev–Trinajstić information content (AvgIpc) is 2.53. The Hall–Kier alpha value is -2.85. The van der Waals surface area contributed by atoms with Gasteiger partial charge in [-0.05, 0) is 37.3 Å². The van der Waals surface area contributed by atoms with Crippen LogP contribution >= 0.6 is 0 Å². The summed E-state index contributed by atoms with van der Waals surface area (Å²) in [6.07, 6.45) is -9.36. The number of rotatable bonds is 3. The Bertz CT molecular complexity index is 855. The van der Waals surface area contributed by atoms with Crippen LogP contribution in [0.3, 0.4) is 0 Å². The zero-order valence-electron chi connectivity index (χ0n) is 13.0. The summed E-state index contributed by atoms with van der Waals surface area (Å²) in [6.45, 7) is 1.13. The number of alkyl halides is 6. The van der Waals surface area contributed by atoms with Crippen molar-refractivity contribution in [2.75, 3.05) is 5.32 Å². The second kappa shape index (κ2) is 6.81. The summed E-state index contributed by atoms with van der Waals surface area (Å²) in [6, 6.07) is 3.11. The van der Waals surface area contributed by atoms with E-state index < -0.39 is 41.1 Å². The Balaban J connectivity index is 2.21. The molecule has 1 unspecified atom stereocenters. The highest BCUT2D eigenvalue weighted by atomic mass is 19.4. The van der Waals surface area contributed by atoms with Gasteiger partial charge in [-0.15, -0.1) is 0 Å². The molecule has 1 amide bonds. The van der Waals surface area contributed by atoms with Gasteiger partial charge in [0.1, 0.15) is 6.04 Å². The van der Waals surface area contributed by atoms with E-state index in [1.165, 1.54) is 0 Å². The van der Waals surface area contributed by atoms with E-state index in [2.05, 4.69) is 10.4 Å². The predicted octanol–water partition coefficient (Wildman–Crippen LogP) is 3.48. The quantitative estimate of drug-likeness (QED) is 0.831. The number of hydrogen-bond donors (Lipinski definition) is 1. The predicted molar refractivity (Wildman–Crippen MR) is 78.3 cm³/mol. The summed E-state index contributed by atoms with van der Waals surface area (Å²) in [7, 11) is 0. The molecule has 1 atom stereocenters. The minimum atomic E-state index is -4.81. The molecule has 2 rings (SSSR count). The second-order valence-corrected chi connectivity index (χ2v) is 5.24. The van der Waals surface area contributed by atoms with E-state index in [1.807, 2.05) is 0 Å². The summed E-state index contributed by atoms with van der Waals surface area (Å²) in [5.74, 6) is -0.918. The highest BCUT2D eigenvalue weighted by molar-refractivity contribution is 5.93. The third-order valence-corrected chi connectivity index (χ3v) is 3.34. The van der Waals surface area contributed by atoms with E-state index in [9.17, 15) is 35.9 Å². The Morgan fingerprint density at radius 2 is 1.58 bits per heavy atom. The van der Waals surface area contributed by atoms with Gasteiger partial charge in [-0.2, -0.15) is 31.4 Å². The molecule has 0 saturated heterocycles. The van der Waals surface area contributed by atoms with Crippen LogP contribution in [0.2, 0.25) is 0 Å². The number of aromatic nitrogens is 2. The van der Waals surface area contributed by atoms with Crippen molar-refractivity contribution in [1.82, 2.24) is 9.78 Å². The van der Waals surface area contributed by atoms with Crippen LogP contribution in [0.25, 0.3) is 0 Å². The van der Waals surface area contributed by atoms with Crippen molar-refractivity contribution in [3.05, 3.63) is 58.0 Å². The minimum absolute atomic E-state index is 0.0186. The Labute approximate surface area is 142 Å². The van der Waals surface area contributed by atoms with E-state index >= 15 is 0 Å². The molecule has 2 aromatic rings. The molecule has 1 aromatic heterocycles. The summed E-state index contributed by atoms with van der Waals surface area (Å²) in [5, 5.41) is 5.34. The fourth-order valence-corrected chi connectivity index (χ4v) is 1.95. The summed E-state index contributed by atoms with van der Waals surface area (Å²) < 4.78 is 75.8. The molecular formula is C15H11F6N3O2. The molecule has 1 N–H and O–H groups in total. The average molecular weight is 379 g/mol. The fraction of sp³-hybridized carbons (Fsp3) is 0.267. The number of benzene rings is 1. The first kappa shape index (κ1) is 19.5. The lowest BCUT2D eigenvalue weighted by atomic mass is 10.2. The van der Waals surface area contributed by atoms with Gasteiger partial charge in [-0.3, -0.25) is 9.59 Å². The molecule has 0 radical (unpaired) electrons. The van der Waals surface area contributed by atoms with Crippen molar-refractivity contribution < 1.29 is 31.1 Å². The van der Waals surface area contributed by atoms with Gasteiger partial charge in [0.25, 0.3) is 5.56 Å². The van der Waals surface area contributed by atoms with E-state index in [0.717, 1.165) is 31.2 Å². The van der Waals surface area contributed by atoms with Gasteiger partial charge >= 0.3 is 12.4 Å². The number of anilines is 1. The largest absolute Gasteiger partial charge is 0.435 e. The smallest absolute Gasteiger partial charge is 0.324 e. The Morgan fingerprint density at radius 3 is 2.08 bits per heavy atom. The number of amides is 1. The van der Waals surface area contributed by atoms with Crippen LogP contribution in [0.1, 0.15) is 24.2 Å². The van der Waals surface area contributed by atoms with Crippen molar-refractivity contribution >= 4 is 11.6 Å². The number of halogens is 6. The van der Waals surface area contributed by atoms with Crippen molar-refractivity contribution in [3.8, 4) is 0 Å². The molecule has 0 aliphatic carbocycles. The van der Waals surface area contributed by atoms with Crippen LogP contribution in [0, 0.1) is 0 Å². The first-order valence-electron chi connectivity index (χ1n) is 7.05. The molecule has 0 bridgehead atoms. The molecular weight excluding hydrogens is 368 g/mol. The van der Waals surface area contributed by atoms with Gasteiger partial charge in [-0.1, -0.05) is 0 Å². The van der Waals surface area contributed by atoms with Gasteiger partial charge in [0.15, 0.2) is 5.69 Å². The summed E-state index contributed by atoms with van der Waals surface area (Å²) >= 11 is 0. The van der Waals surface area contributed by atoms with Gasteiger partial charge in [0.05, 0.1) is 5.56 Å². The van der Waals surface area contributed by atoms with Crippen LogP contribution in [0.5, 0.6) is 0 Å². The first-order chi connectivity index (χ1) is 11.9. The molecule has 0 fully saturated rings. The monoisotopic (exact) mass is 379 g/mol. The number of nitrogens with zero attached hydrogens (tertiary/aromatic N) is 2. The summed E-state index contributed by atoms with van der Waals surface area (Å²) in [4.78, 5) is 23.8. The van der Waals surface area contributed by atoms with Crippen molar-refractivity contribution in [2.24, 2.45) is 0 Å². The number of nitrogens with one attached hydrogen (secondary N) is 1. The topological polar surface area (TPSA) is 64.0 Å². The molecule has 1 heterocycles. The maximum atomic E-state index is 12.7. The standard InChI is InChI=1S/C15H11F6N3O2/c1-8(24-12(25)7-6-11(23-24)15(19,20)21)13(26)22-10-4-2-9(3-5-10)14(16,17)18/h2-8H,1H3,(H,22,26). The SMILES string of the molecule is CC(C(=O)Nc1ccc(C(F)(F)F)cc1)n1nc(C(F)(F)F)ccc1=O. The van der Waals surface area contributed by atoms with Crippen LogP contribution in [0.15, 0.2) is 41.2 Å². The molecule has 1 aromatic carbocycles. The molecule has 140 valence electrons. The fourth-order valence-electron chi connectivity index (χ4n) is 1.95. The van der Waals surface area contributed by atoms with E-state index in [4.69, 9.17) is 0 Å². The van der Waals surface area contributed by atoms with Gasteiger partial charge in [-0.25, -0.2) is 4.68 Å². The Morgan fingerprint density at radius 1 is 1.00 bits per heavy atom. The van der Waals surface area contributed by atoms with Gasteiger partial charge in [0.2, 0.25) is 5.91 Å². The van der Waals surface area contributed by atoms with E-state index in [1.54, 1.807) is 0 Å². The van der Waals surface area contributed by atoms with E-state index in [-0.39, 0.29) is 5.69 Å². The minimum Gasteiger partial charge on any atom is -0.324 e. The number of carbonyl (C=O) groups is 1. The molecule has 0 aliphatic heterocycles. The molecule has 0 aliphatic rings. The van der Waals surface area contributed by atoms with Gasteiger partial charge in [0, 0.05) is 11.8 Å². The van der Waals surface area contributed by atoms with Crippen molar-refractivity contribution in [2.45, 2.75) is 25.3 Å². The zero-order chi connectivity index (χ0) is 19.7. The first-order valence-corrected chi connectivity index (χ1v) is 7.05. The van der Waals surface area contributed by atoms with Crippen molar-refractivity contribution in [1.29, 1.82) is 0 Å². The normalized spacial score (nSPS) is 13.3. The lowest BCUT2D eigenvalue weighted by molar-refractivity contribution is -0.143. The molecule has 26 heavy (non-hydrogen) atoms. The highest BCUT2D eigenvalue weighted by Crippen LogP contribution is 2.30. The zero-order valence-corrected chi connectivity index (χ0v) is 13.0. The van der Waals surface area contributed by atoms with Crippen LogP contribution in [0.4, 0.5) is 32.0 Å². The number of hydrogen-bond acceptors (Lipinski definition) is 3. The van der Waals surface area contributed by atoms with Gasteiger partial charge < -0.3 is 5.32 Å². The molecule has 5 nitrogen and oxygen atoms in total. The molecule has 11 heteroatoms. The van der Waals surface area contributed by atoms with Crippen molar-refractivity contribution in [3.63, 3.8) is 0 Å². The third-order valence-electron chi connectivity index (χ3n) is 3.34. The lowest BCUT2D eigenvalue weighted by Gasteiger charge is -2.16. The molecule has 0 spiro atoms. The highest BCUT2D eigenvalue weighted by Gasteiger charge is 2.34. The Kier molecular flexibility index (Phi) is 5.10. The van der Waals surface area contributed by atoms with E-state index in [0.29, 0.717) is 16.8 Å². The number of carbonyl (C=O) groups excluding carboxylic acids is 1. The third kappa shape index (κ3) is 4.41.